The van der Waals surface area contributed by atoms with E-state index in [9.17, 15) is 4.79 Å². The number of aromatic nitrogens is 1. The van der Waals surface area contributed by atoms with Crippen LogP contribution in [0.15, 0.2) is 18.3 Å². The Hall–Kier alpha value is -1.82. The molecule has 6 nitrogen and oxygen atoms in total. The first-order chi connectivity index (χ1) is 8.28. The molecule has 2 rings (SSSR count). The molecule has 2 N–H and O–H groups in total. The van der Waals surface area contributed by atoms with E-state index in [-0.39, 0.29) is 12.2 Å². The van der Waals surface area contributed by atoms with Crippen LogP contribution in [-0.2, 0) is 11.3 Å². The molecular formula is C11H15N3O3. The van der Waals surface area contributed by atoms with Gasteiger partial charge in [-0.25, -0.2) is 4.79 Å². The summed E-state index contributed by atoms with van der Waals surface area (Å²) >= 11 is 0. The second-order valence-corrected chi connectivity index (χ2v) is 3.73. The number of hydrogen-bond donors (Lipinski definition) is 2. The maximum absolute atomic E-state index is 10.8. The highest BCUT2D eigenvalue weighted by Crippen LogP contribution is 2.10. The molecule has 0 bridgehead atoms. The zero-order valence-corrected chi connectivity index (χ0v) is 9.60. The first-order valence-electron chi connectivity index (χ1n) is 5.45. The van der Waals surface area contributed by atoms with Crippen molar-refractivity contribution in [2.45, 2.75) is 12.6 Å². The molecule has 0 aromatic carbocycles. The largest absolute Gasteiger partial charge is 0.488 e. The molecule has 0 aliphatic carbocycles. The van der Waals surface area contributed by atoms with E-state index in [1.54, 1.807) is 6.20 Å². The minimum absolute atomic E-state index is 0.223. The molecule has 1 aliphatic rings. The van der Waals surface area contributed by atoms with Crippen LogP contribution in [-0.4, -0.2) is 37.4 Å². The summed E-state index contributed by atoms with van der Waals surface area (Å²) in [7, 11) is 1.87. The number of ether oxygens (including phenoxy) is 2. The third-order valence-electron chi connectivity index (χ3n) is 2.34. The number of amides is 1. The Morgan fingerprint density at radius 1 is 1.65 bits per heavy atom. The lowest BCUT2D eigenvalue weighted by Crippen LogP contribution is -2.22. The molecule has 1 aliphatic heterocycles. The molecule has 6 heteroatoms. The maximum Gasteiger partial charge on any atom is 0.407 e. The van der Waals surface area contributed by atoms with Crippen LogP contribution in [0.2, 0.25) is 0 Å². The van der Waals surface area contributed by atoms with E-state index in [0.717, 1.165) is 12.2 Å². The van der Waals surface area contributed by atoms with Crippen molar-refractivity contribution in [1.82, 2.24) is 15.6 Å². The quantitative estimate of drug-likeness (QED) is 0.770. The van der Waals surface area contributed by atoms with Gasteiger partial charge in [-0.1, -0.05) is 0 Å². The highest BCUT2D eigenvalue weighted by Gasteiger charge is 2.22. The Kier molecular flexibility index (Phi) is 3.77. The zero-order valence-electron chi connectivity index (χ0n) is 9.60. The SMILES string of the molecule is CNCc1ccc(OCC2CNC(=O)O2)cn1. The predicted octanol–water partition coefficient (Wildman–Crippen LogP) is 0.288. The second-order valence-electron chi connectivity index (χ2n) is 3.73. The molecule has 0 spiro atoms. The van der Waals surface area contributed by atoms with Gasteiger partial charge in [0.1, 0.15) is 12.4 Å². The fraction of sp³-hybridized carbons (Fsp3) is 0.455. The van der Waals surface area contributed by atoms with Crippen molar-refractivity contribution in [2.24, 2.45) is 0 Å². The van der Waals surface area contributed by atoms with Crippen LogP contribution in [0.5, 0.6) is 5.75 Å². The molecule has 1 aromatic rings. The van der Waals surface area contributed by atoms with Crippen LogP contribution in [0.4, 0.5) is 4.79 Å². The van der Waals surface area contributed by atoms with E-state index in [1.165, 1.54) is 0 Å². The topological polar surface area (TPSA) is 72.5 Å². The molecule has 1 amide bonds. The van der Waals surface area contributed by atoms with E-state index in [1.807, 2.05) is 19.2 Å². The molecule has 0 saturated carbocycles. The summed E-state index contributed by atoms with van der Waals surface area (Å²) in [5, 5.41) is 5.58. The van der Waals surface area contributed by atoms with Gasteiger partial charge >= 0.3 is 6.09 Å². The summed E-state index contributed by atoms with van der Waals surface area (Å²) in [5.74, 6) is 0.674. The lowest BCUT2D eigenvalue weighted by atomic mass is 10.3. The number of carbonyl (C=O) groups excluding carboxylic acids is 1. The number of cyclic esters (lactones) is 1. The van der Waals surface area contributed by atoms with Crippen molar-refractivity contribution in [3.05, 3.63) is 24.0 Å². The van der Waals surface area contributed by atoms with Gasteiger partial charge in [0.25, 0.3) is 0 Å². The third kappa shape index (κ3) is 3.32. The fourth-order valence-corrected chi connectivity index (χ4v) is 1.50. The minimum atomic E-state index is -0.388. The molecule has 1 saturated heterocycles. The van der Waals surface area contributed by atoms with Crippen LogP contribution >= 0.6 is 0 Å². The van der Waals surface area contributed by atoms with Crippen molar-refractivity contribution in [2.75, 3.05) is 20.2 Å². The first-order valence-corrected chi connectivity index (χ1v) is 5.45. The lowest BCUT2D eigenvalue weighted by Gasteiger charge is -2.10. The van der Waals surface area contributed by atoms with Crippen LogP contribution in [0, 0.1) is 0 Å². The number of hydrogen-bond acceptors (Lipinski definition) is 5. The third-order valence-corrected chi connectivity index (χ3v) is 2.34. The molecule has 2 heterocycles. The number of nitrogens with zero attached hydrogens (tertiary/aromatic N) is 1. The van der Waals surface area contributed by atoms with Crippen LogP contribution < -0.4 is 15.4 Å². The normalized spacial score (nSPS) is 18.6. The summed E-state index contributed by atoms with van der Waals surface area (Å²) in [6.07, 6.45) is 1.05. The van der Waals surface area contributed by atoms with Gasteiger partial charge in [0.05, 0.1) is 18.4 Å². The molecule has 0 radical (unpaired) electrons. The average molecular weight is 237 g/mol. The van der Waals surface area contributed by atoms with E-state index >= 15 is 0 Å². The monoisotopic (exact) mass is 237 g/mol. The van der Waals surface area contributed by atoms with Crippen molar-refractivity contribution >= 4 is 6.09 Å². The molecular weight excluding hydrogens is 222 g/mol. The van der Waals surface area contributed by atoms with Gasteiger partial charge in [-0.05, 0) is 19.2 Å². The molecule has 1 fully saturated rings. The highest BCUT2D eigenvalue weighted by molar-refractivity contribution is 5.69. The van der Waals surface area contributed by atoms with Gasteiger partial charge in [0.15, 0.2) is 6.10 Å². The maximum atomic E-state index is 10.8. The molecule has 17 heavy (non-hydrogen) atoms. The number of alkyl carbamates (subject to hydrolysis) is 1. The number of rotatable bonds is 5. The molecule has 1 aromatic heterocycles. The number of nitrogens with one attached hydrogen (secondary N) is 2. The summed E-state index contributed by atoms with van der Waals surface area (Å²) < 4.78 is 10.4. The Labute approximate surface area is 99.3 Å². The van der Waals surface area contributed by atoms with E-state index in [0.29, 0.717) is 18.9 Å². The fourth-order valence-electron chi connectivity index (χ4n) is 1.50. The summed E-state index contributed by atoms with van der Waals surface area (Å²) in [6.45, 7) is 1.56. The number of pyridine rings is 1. The Morgan fingerprint density at radius 2 is 2.53 bits per heavy atom. The minimum Gasteiger partial charge on any atom is -0.488 e. The average Bonchev–Trinajstić information content (AvgIpc) is 2.75. The van der Waals surface area contributed by atoms with E-state index in [4.69, 9.17) is 9.47 Å². The lowest BCUT2D eigenvalue weighted by molar-refractivity contribution is 0.104. The predicted molar refractivity (Wildman–Crippen MR) is 60.8 cm³/mol. The highest BCUT2D eigenvalue weighted by atomic mass is 16.6. The van der Waals surface area contributed by atoms with Gasteiger partial charge in [0.2, 0.25) is 0 Å². The van der Waals surface area contributed by atoms with Crippen LogP contribution in [0.25, 0.3) is 0 Å². The first kappa shape index (κ1) is 11.7. The van der Waals surface area contributed by atoms with Crippen molar-refractivity contribution in [3.63, 3.8) is 0 Å². The summed E-state index contributed by atoms with van der Waals surface area (Å²) in [5.41, 5.74) is 0.953. The van der Waals surface area contributed by atoms with Crippen molar-refractivity contribution in [1.29, 1.82) is 0 Å². The van der Waals surface area contributed by atoms with Gasteiger partial charge in [0, 0.05) is 6.54 Å². The van der Waals surface area contributed by atoms with Crippen molar-refractivity contribution in [3.8, 4) is 5.75 Å². The van der Waals surface area contributed by atoms with Gasteiger partial charge in [-0.3, -0.25) is 4.98 Å². The second kappa shape index (κ2) is 5.49. The van der Waals surface area contributed by atoms with E-state index < -0.39 is 0 Å². The number of carbonyl (C=O) groups is 1. The molecule has 92 valence electrons. The Morgan fingerprint density at radius 3 is 3.12 bits per heavy atom. The van der Waals surface area contributed by atoms with Gasteiger partial charge < -0.3 is 20.1 Å². The zero-order chi connectivity index (χ0) is 12.1. The van der Waals surface area contributed by atoms with Crippen LogP contribution in [0.3, 0.4) is 0 Å². The van der Waals surface area contributed by atoms with Crippen molar-refractivity contribution < 1.29 is 14.3 Å². The smallest absolute Gasteiger partial charge is 0.407 e. The summed E-state index contributed by atoms with van der Waals surface area (Å²) in [6, 6.07) is 3.74. The molecule has 1 atom stereocenters. The Bertz CT molecular complexity index is 380. The van der Waals surface area contributed by atoms with Crippen LogP contribution in [0.1, 0.15) is 5.69 Å². The van der Waals surface area contributed by atoms with Gasteiger partial charge in [-0.2, -0.15) is 0 Å². The van der Waals surface area contributed by atoms with E-state index in [2.05, 4.69) is 15.6 Å². The standard InChI is InChI=1S/C11H15N3O3/c1-12-4-8-2-3-9(5-13-8)16-7-10-6-14-11(15)17-10/h2-3,5,10,12H,4,6-7H2,1H3,(H,14,15). The Balaban J connectivity index is 1.80. The van der Waals surface area contributed by atoms with Gasteiger partial charge in [-0.15, -0.1) is 0 Å². The summed E-state index contributed by atoms with van der Waals surface area (Å²) in [4.78, 5) is 15.0. The molecule has 1 unspecified atom stereocenters.